The van der Waals surface area contributed by atoms with Gasteiger partial charge in [0.2, 0.25) is 0 Å². The van der Waals surface area contributed by atoms with Crippen LogP contribution in [0.3, 0.4) is 0 Å². The van der Waals surface area contributed by atoms with Crippen molar-refractivity contribution in [2.75, 3.05) is 40.0 Å². The maximum Gasteiger partial charge on any atom is 0.0986 e. The highest BCUT2D eigenvalue weighted by Gasteiger charge is 2.06. The fourth-order valence-corrected chi connectivity index (χ4v) is 1.21. The lowest BCUT2D eigenvalue weighted by Gasteiger charge is -2.17. The zero-order valence-electron chi connectivity index (χ0n) is 6.60. The van der Waals surface area contributed by atoms with Crippen molar-refractivity contribution in [1.29, 1.82) is 0 Å². The van der Waals surface area contributed by atoms with Gasteiger partial charge in [-0.15, -0.1) is 0 Å². The summed E-state index contributed by atoms with van der Waals surface area (Å²) in [7, 11) is 1.75. The van der Waals surface area contributed by atoms with Gasteiger partial charge in [0.1, 0.15) is 0 Å². The summed E-state index contributed by atoms with van der Waals surface area (Å²) < 4.78 is 5.04. The highest BCUT2D eigenvalue weighted by atomic mass is 16.5. The SMILES string of the molecule is COCN1CCCNCC1. The maximum atomic E-state index is 5.04. The Kier molecular flexibility index (Phi) is 3.72. The van der Waals surface area contributed by atoms with Crippen LogP contribution in [0.4, 0.5) is 0 Å². The smallest absolute Gasteiger partial charge is 0.0986 e. The summed E-state index contributed by atoms with van der Waals surface area (Å²) in [6, 6.07) is 0. The number of nitrogens with zero attached hydrogens (tertiary/aromatic N) is 1. The molecule has 0 aromatic carbocycles. The largest absolute Gasteiger partial charge is 0.369 e. The summed E-state index contributed by atoms with van der Waals surface area (Å²) in [5.41, 5.74) is 0. The van der Waals surface area contributed by atoms with E-state index in [1.165, 1.54) is 13.0 Å². The molecule has 1 saturated heterocycles. The molecule has 1 fully saturated rings. The molecule has 1 aliphatic heterocycles. The van der Waals surface area contributed by atoms with Crippen molar-refractivity contribution in [3.8, 4) is 0 Å². The number of hydrogen-bond donors (Lipinski definition) is 1. The van der Waals surface area contributed by atoms with E-state index in [4.69, 9.17) is 4.74 Å². The maximum absolute atomic E-state index is 5.04. The summed E-state index contributed by atoms with van der Waals surface area (Å²) in [5, 5.41) is 3.34. The van der Waals surface area contributed by atoms with Gasteiger partial charge in [0.15, 0.2) is 0 Å². The van der Waals surface area contributed by atoms with Crippen molar-refractivity contribution in [3.63, 3.8) is 0 Å². The summed E-state index contributed by atoms with van der Waals surface area (Å²) in [5.74, 6) is 0. The topological polar surface area (TPSA) is 24.5 Å². The summed E-state index contributed by atoms with van der Waals surface area (Å²) >= 11 is 0. The molecule has 0 radical (unpaired) electrons. The van der Waals surface area contributed by atoms with Crippen molar-refractivity contribution < 1.29 is 4.74 Å². The van der Waals surface area contributed by atoms with Crippen LogP contribution in [-0.2, 0) is 4.74 Å². The van der Waals surface area contributed by atoms with Gasteiger partial charge in [-0.3, -0.25) is 4.90 Å². The van der Waals surface area contributed by atoms with Crippen LogP contribution in [0.15, 0.2) is 0 Å². The van der Waals surface area contributed by atoms with E-state index >= 15 is 0 Å². The van der Waals surface area contributed by atoms with E-state index in [9.17, 15) is 0 Å². The van der Waals surface area contributed by atoms with Crippen LogP contribution in [0.5, 0.6) is 0 Å². The molecule has 1 heterocycles. The Bertz CT molecular complexity index is 79.7. The van der Waals surface area contributed by atoms with Gasteiger partial charge in [0, 0.05) is 26.7 Å². The van der Waals surface area contributed by atoms with Gasteiger partial charge in [-0.05, 0) is 13.0 Å². The fourth-order valence-electron chi connectivity index (χ4n) is 1.21. The summed E-state index contributed by atoms with van der Waals surface area (Å²) in [6.45, 7) is 5.32. The Morgan fingerprint density at radius 2 is 2.30 bits per heavy atom. The highest BCUT2D eigenvalue weighted by Crippen LogP contribution is 1.93. The molecular weight excluding hydrogens is 128 g/mol. The molecule has 0 saturated carbocycles. The second-order valence-electron chi connectivity index (χ2n) is 2.64. The van der Waals surface area contributed by atoms with E-state index < -0.39 is 0 Å². The first-order valence-electron chi connectivity index (χ1n) is 3.85. The van der Waals surface area contributed by atoms with Crippen LogP contribution >= 0.6 is 0 Å². The predicted molar refractivity (Wildman–Crippen MR) is 40.9 cm³/mol. The van der Waals surface area contributed by atoms with Gasteiger partial charge in [-0.1, -0.05) is 0 Å². The molecule has 10 heavy (non-hydrogen) atoms. The molecule has 3 heteroatoms. The minimum atomic E-state index is 0.779. The predicted octanol–water partition coefficient (Wildman–Crippen LogP) is -0.114. The summed E-state index contributed by atoms with van der Waals surface area (Å²) in [4.78, 5) is 2.32. The number of nitrogens with one attached hydrogen (secondary N) is 1. The summed E-state index contributed by atoms with van der Waals surface area (Å²) in [6.07, 6.45) is 1.24. The number of methoxy groups -OCH3 is 1. The quantitative estimate of drug-likeness (QED) is 0.585. The number of ether oxygens (including phenoxy) is 1. The first-order chi connectivity index (χ1) is 4.93. The molecule has 1 N–H and O–H groups in total. The van der Waals surface area contributed by atoms with Gasteiger partial charge in [0.25, 0.3) is 0 Å². The Morgan fingerprint density at radius 3 is 3.10 bits per heavy atom. The molecule has 0 spiro atoms. The molecule has 0 bridgehead atoms. The van der Waals surface area contributed by atoms with Crippen molar-refractivity contribution in [1.82, 2.24) is 10.2 Å². The van der Waals surface area contributed by atoms with Crippen LogP contribution in [0.25, 0.3) is 0 Å². The third kappa shape index (κ3) is 2.64. The number of rotatable bonds is 2. The molecule has 1 aliphatic rings. The first kappa shape index (κ1) is 7.98. The van der Waals surface area contributed by atoms with E-state index in [-0.39, 0.29) is 0 Å². The molecule has 0 unspecified atom stereocenters. The molecule has 0 aromatic heterocycles. The third-order valence-corrected chi connectivity index (χ3v) is 1.74. The molecule has 0 amide bonds. The van der Waals surface area contributed by atoms with Gasteiger partial charge < -0.3 is 10.1 Å². The molecule has 1 rings (SSSR count). The van der Waals surface area contributed by atoms with Gasteiger partial charge in [-0.25, -0.2) is 0 Å². The minimum Gasteiger partial charge on any atom is -0.369 e. The van der Waals surface area contributed by atoms with E-state index in [0.29, 0.717) is 0 Å². The molecule has 0 atom stereocenters. The van der Waals surface area contributed by atoms with E-state index in [1.807, 2.05) is 0 Å². The average molecular weight is 144 g/mol. The molecule has 0 aromatic rings. The first-order valence-corrected chi connectivity index (χ1v) is 3.85. The van der Waals surface area contributed by atoms with Gasteiger partial charge in [0.05, 0.1) is 6.73 Å². The van der Waals surface area contributed by atoms with E-state index in [1.54, 1.807) is 7.11 Å². The van der Waals surface area contributed by atoms with E-state index in [2.05, 4.69) is 10.2 Å². The normalized spacial score (nSPS) is 22.5. The number of hydrogen-bond acceptors (Lipinski definition) is 3. The standard InChI is InChI=1S/C7H16N2O/c1-10-7-9-5-2-3-8-4-6-9/h8H,2-7H2,1H3. The van der Waals surface area contributed by atoms with Gasteiger partial charge in [-0.2, -0.15) is 0 Å². The molecule has 3 nitrogen and oxygen atoms in total. The molecular formula is C7H16N2O. The zero-order valence-corrected chi connectivity index (χ0v) is 6.60. The second-order valence-corrected chi connectivity index (χ2v) is 2.64. The van der Waals surface area contributed by atoms with Crippen LogP contribution in [0, 0.1) is 0 Å². The monoisotopic (exact) mass is 144 g/mol. The van der Waals surface area contributed by atoms with Crippen molar-refractivity contribution in [3.05, 3.63) is 0 Å². The van der Waals surface area contributed by atoms with E-state index in [0.717, 1.165) is 26.4 Å². The van der Waals surface area contributed by atoms with Gasteiger partial charge >= 0.3 is 0 Å². The minimum absolute atomic E-state index is 0.779. The zero-order chi connectivity index (χ0) is 7.23. The average Bonchev–Trinajstić information content (AvgIpc) is 2.17. The Hall–Kier alpha value is -0.120. The highest BCUT2D eigenvalue weighted by molar-refractivity contribution is 4.62. The van der Waals surface area contributed by atoms with Crippen molar-refractivity contribution in [2.24, 2.45) is 0 Å². The van der Waals surface area contributed by atoms with Crippen LogP contribution in [-0.4, -0.2) is 44.9 Å². The fraction of sp³-hybridized carbons (Fsp3) is 1.00. The van der Waals surface area contributed by atoms with Crippen LogP contribution < -0.4 is 5.32 Å². The Balaban J connectivity index is 2.15. The molecule has 60 valence electrons. The third-order valence-electron chi connectivity index (χ3n) is 1.74. The lowest BCUT2D eigenvalue weighted by Crippen LogP contribution is -2.29. The lowest BCUT2D eigenvalue weighted by molar-refractivity contribution is 0.0681. The van der Waals surface area contributed by atoms with Crippen molar-refractivity contribution in [2.45, 2.75) is 6.42 Å². The van der Waals surface area contributed by atoms with Crippen LogP contribution in [0.2, 0.25) is 0 Å². The van der Waals surface area contributed by atoms with Crippen LogP contribution in [0.1, 0.15) is 6.42 Å². The molecule has 0 aliphatic carbocycles. The van der Waals surface area contributed by atoms with Crippen molar-refractivity contribution >= 4 is 0 Å². The Morgan fingerprint density at radius 1 is 1.40 bits per heavy atom. The second kappa shape index (κ2) is 4.66. The lowest BCUT2D eigenvalue weighted by atomic mass is 10.4. The Labute approximate surface area is 62.3 Å².